The first-order valence-corrected chi connectivity index (χ1v) is 8.49. The van der Waals surface area contributed by atoms with Crippen LogP contribution in [0, 0.1) is 5.41 Å². The second-order valence-corrected chi connectivity index (χ2v) is 7.40. The van der Waals surface area contributed by atoms with Gasteiger partial charge in [0.15, 0.2) is 0 Å². The summed E-state index contributed by atoms with van der Waals surface area (Å²) < 4.78 is 0.758. The van der Waals surface area contributed by atoms with E-state index in [4.69, 9.17) is 11.6 Å². The molecule has 3 nitrogen and oxygen atoms in total. The van der Waals surface area contributed by atoms with Crippen molar-refractivity contribution in [2.24, 2.45) is 5.41 Å². The van der Waals surface area contributed by atoms with Crippen LogP contribution in [0.2, 0.25) is 5.02 Å². The summed E-state index contributed by atoms with van der Waals surface area (Å²) in [6.45, 7) is 0. The molecule has 1 heterocycles. The lowest BCUT2D eigenvalue weighted by Gasteiger charge is -2.42. The van der Waals surface area contributed by atoms with E-state index in [0.29, 0.717) is 23.6 Å². The van der Waals surface area contributed by atoms with Gasteiger partial charge in [0, 0.05) is 17.3 Å². The van der Waals surface area contributed by atoms with Crippen LogP contribution in [-0.2, 0) is 9.59 Å². The molecule has 2 amide bonds. The fourth-order valence-corrected chi connectivity index (χ4v) is 3.99. The van der Waals surface area contributed by atoms with Crippen molar-refractivity contribution in [3.8, 4) is 0 Å². The summed E-state index contributed by atoms with van der Waals surface area (Å²) >= 11 is 9.40. The number of nitrogens with zero attached hydrogens (tertiary/aromatic N) is 1. The number of hydrogen-bond donors (Lipinski definition) is 0. The molecular weight excluding hydrogens is 354 g/mol. The Bertz CT molecular complexity index is 576. The molecule has 1 saturated carbocycles. The van der Waals surface area contributed by atoms with Gasteiger partial charge >= 0.3 is 0 Å². The second kappa shape index (κ2) is 5.73. The van der Waals surface area contributed by atoms with Gasteiger partial charge in [0.2, 0.25) is 11.8 Å². The number of carbonyl (C=O) groups excluding carboxylic acids is 2. The van der Waals surface area contributed by atoms with Crippen molar-refractivity contribution < 1.29 is 9.59 Å². The summed E-state index contributed by atoms with van der Waals surface area (Å²) in [6, 6.07) is 5.19. The van der Waals surface area contributed by atoms with Crippen LogP contribution in [0.4, 0.5) is 5.69 Å². The van der Waals surface area contributed by atoms with Crippen LogP contribution in [0.5, 0.6) is 0 Å². The lowest BCUT2D eigenvalue weighted by Crippen LogP contribution is -2.48. The molecule has 0 unspecified atom stereocenters. The molecule has 21 heavy (non-hydrogen) atoms. The molecule has 0 radical (unpaired) electrons. The van der Waals surface area contributed by atoms with Gasteiger partial charge in [-0.05, 0) is 52.4 Å². The van der Waals surface area contributed by atoms with E-state index in [1.54, 1.807) is 18.2 Å². The van der Waals surface area contributed by atoms with Gasteiger partial charge in [0.1, 0.15) is 0 Å². The van der Waals surface area contributed by atoms with Crippen LogP contribution in [0.3, 0.4) is 0 Å². The average molecular weight is 371 g/mol. The Hall–Kier alpha value is -0.870. The molecule has 0 atom stereocenters. The fourth-order valence-electron chi connectivity index (χ4n) is 3.57. The number of anilines is 1. The minimum Gasteiger partial charge on any atom is -0.274 e. The largest absolute Gasteiger partial charge is 0.274 e. The summed E-state index contributed by atoms with van der Waals surface area (Å²) in [5, 5.41) is 0.506. The first kappa shape index (κ1) is 15.0. The van der Waals surface area contributed by atoms with Gasteiger partial charge in [-0.2, -0.15) is 0 Å². The average Bonchev–Trinajstić information content (AvgIpc) is 2.42. The van der Waals surface area contributed by atoms with Gasteiger partial charge in [-0.25, -0.2) is 0 Å². The molecule has 112 valence electrons. The van der Waals surface area contributed by atoms with Gasteiger partial charge in [-0.15, -0.1) is 0 Å². The van der Waals surface area contributed by atoms with Crippen LogP contribution in [0.25, 0.3) is 0 Å². The molecule has 1 spiro atoms. The Kier molecular flexibility index (Phi) is 4.10. The smallest absolute Gasteiger partial charge is 0.234 e. The van der Waals surface area contributed by atoms with Crippen molar-refractivity contribution >= 4 is 45.0 Å². The predicted molar refractivity (Wildman–Crippen MR) is 86.4 cm³/mol. The Morgan fingerprint density at radius 3 is 2.24 bits per heavy atom. The molecule has 2 fully saturated rings. The van der Waals surface area contributed by atoms with E-state index in [-0.39, 0.29) is 17.2 Å². The Morgan fingerprint density at radius 2 is 1.67 bits per heavy atom. The highest BCUT2D eigenvalue weighted by atomic mass is 79.9. The molecule has 1 aliphatic heterocycles. The maximum atomic E-state index is 12.5. The van der Waals surface area contributed by atoms with Crippen LogP contribution < -0.4 is 4.90 Å². The minimum atomic E-state index is -0.0912. The van der Waals surface area contributed by atoms with Gasteiger partial charge in [-0.1, -0.05) is 30.9 Å². The van der Waals surface area contributed by atoms with E-state index in [9.17, 15) is 9.59 Å². The molecule has 1 aromatic rings. The van der Waals surface area contributed by atoms with Crippen molar-refractivity contribution in [2.75, 3.05) is 4.90 Å². The third kappa shape index (κ3) is 2.88. The second-order valence-electron chi connectivity index (χ2n) is 6.14. The zero-order valence-electron chi connectivity index (χ0n) is 11.7. The monoisotopic (exact) mass is 369 g/mol. The SMILES string of the molecule is O=C1CC2(CCCCC2)CC(=O)N1c1ccc(Br)c(Cl)c1. The van der Waals surface area contributed by atoms with Crippen molar-refractivity contribution in [3.63, 3.8) is 0 Å². The van der Waals surface area contributed by atoms with E-state index in [0.717, 1.165) is 30.2 Å². The summed E-state index contributed by atoms with van der Waals surface area (Å²) in [7, 11) is 0. The van der Waals surface area contributed by atoms with Crippen molar-refractivity contribution in [2.45, 2.75) is 44.9 Å². The maximum Gasteiger partial charge on any atom is 0.234 e. The standard InChI is InChI=1S/C16H17BrClNO2/c17-12-5-4-11(8-13(12)18)19-14(20)9-16(10-15(19)21)6-2-1-3-7-16/h4-5,8H,1-3,6-7,9-10H2. The molecule has 0 aromatic heterocycles. The molecule has 5 heteroatoms. The minimum absolute atomic E-state index is 0.0813. The number of carbonyl (C=O) groups is 2. The fraction of sp³-hybridized carbons (Fsp3) is 0.500. The Labute approximate surface area is 137 Å². The quantitative estimate of drug-likeness (QED) is 0.672. The summed E-state index contributed by atoms with van der Waals surface area (Å²) in [5.41, 5.74) is 0.492. The highest BCUT2D eigenvalue weighted by Gasteiger charge is 2.44. The van der Waals surface area contributed by atoms with Crippen molar-refractivity contribution in [3.05, 3.63) is 27.7 Å². The normalized spacial score (nSPS) is 21.9. The number of hydrogen-bond acceptors (Lipinski definition) is 2. The maximum absolute atomic E-state index is 12.5. The van der Waals surface area contributed by atoms with Crippen LogP contribution >= 0.6 is 27.5 Å². The van der Waals surface area contributed by atoms with E-state index < -0.39 is 0 Å². The molecule has 0 bridgehead atoms. The number of halogens is 2. The number of piperidine rings is 1. The van der Waals surface area contributed by atoms with Crippen LogP contribution in [0.1, 0.15) is 44.9 Å². The van der Waals surface area contributed by atoms with Gasteiger partial charge in [0.25, 0.3) is 0 Å². The zero-order valence-corrected chi connectivity index (χ0v) is 14.0. The highest BCUT2D eigenvalue weighted by molar-refractivity contribution is 9.10. The van der Waals surface area contributed by atoms with Crippen LogP contribution in [-0.4, -0.2) is 11.8 Å². The van der Waals surface area contributed by atoms with Gasteiger partial charge in [-0.3, -0.25) is 14.5 Å². The van der Waals surface area contributed by atoms with E-state index >= 15 is 0 Å². The van der Waals surface area contributed by atoms with Gasteiger partial charge in [0.05, 0.1) is 10.7 Å². The lowest BCUT2D eigenvalue weighted by atomic mass is 9.67. The van der Waals surface area contributed by atoms with Crippen molar-refractivity contribution in [1.29, 1.82) is 0 Å². The number of rotatable bonds is 1. The van der Waals surface area contributed by atoms with E-state index in [2.05, 4.69) is 15.9 Å². The Morgan fingerprint density at radius 1 is 1.05 bits per heavy atom. The predicted octanol–water partition coefficient (Wildman–Crippen LogP) is 4.71. The molecule has 1 aliphatic carbocycles. The number of amides is 2. The third-order valence-electron chi connectivity index (χ3n) is 4.63. The molecule has 2 aliphatic rings. The highest BCUT2D eigenvalue weighted by Crippen LogP contribution is 2.46. The molecule has 0 N–H and O–H groups in total. The zero-order chi connectivity index (χ0) is 15.0. The summed E-state index contributed by atoms with van der Waals surface area (Å²) in [5.74, 6) is -0.182. The topological polar surface area (TPSA) is 37.4 Å². The molecular formula is C16H17BrClNO2. The van der Waals surface area contributed by atoms with Crippen LogP contribution in [0.15, 0.2) is 22.7 Å². The van der Waals surface area contributed by atoms with E-state index in [1.807, 2.05) is 0 Å². The molecule has 3 rings (SSSR count). The van der Waals surface area contributed by atoms with Crippen molar-refractivity contribution in [1.82, 2.24) is 0 Å². The first-order chi connectivity index (χ1) is 10.0. The summed E-state index contributed by atoms with van der Waals surface area (Å²) in [4.78, 5) is 26.4. The van der Waals surface area contributed by atoms with Gasteiger partial charge < -0.3 is 0 Å². The summed E-state index contributed by atoms with van der Waals surface area (Å²) in [6.07, 6.45) is 6.43. The van der Waals surface area contributed by atoms with E-state index in [1.165, 1.54) is 11.3 Å². The first-order valence-electron chi connectivity index (χ1n) is 7.32. The lowest BCUT2D eigenvalue weighted by molar-refractivity contribution is -0.134. The Balaban J connectivity index is 1.86. The molecule has 1 saturated heterocycles. The number of benzene rings is 1. The third-order valence-corrected chi connectivity index (χ3v) is 5.86. The molecule has 1 aromatic carbocycles. The number of imide groups is 1.